The Kier molecular flexibility index (Phi) is 5.59. The molecule has 1 atom stereocenters. The van der Waals surface area contributed by atoms with Gasteiger partial charge in [0.25, 0.3) is 5.69 Å². The third kappa shape index (κ3) is 3.71. The number of nitro groups is 1. The van der Waals surface area contributed by atoms with Gasteiger partial charge in [0.15, 0.2) is 5.78 Å². The van der Waals surface area contributed by atoms with E-state index in [0.29, 0.717) is 42.9 Å². The van der Waals surface area contributed by atoms with E-state index in [9.17, 15) is 19.7 Å². The highest BCUT2D eigenvalue weighted by atomic mass is 16.6. The summed E-state index contributed by atoms with van der Waals surface area (Å²) in [5.74, 6) is -0.0249. The van der Waals surface area contributed by atoms with Gasteiger partial charge in [0, 0.05) is 41.7 Å². The lowest BCUT2D eigenvalue weighted by Gasteiger charge is -2.38. The average Bonchev–Trinajstić information content (AvgIpc) is 2.74. The summed E-state index contributed by atoms with van der Waals surface area (Å²) < 4.78 is 5.77. The van der Waals surface area contributed by atoms with Crippen LogP contribution >= 0.6 is 0 Å². The van der Waals surface area contributed by atoms with Crippen molar-refractivity contribution in [3.8, 4) is 5.75 Å². The molecule has 2 aromatic rings. The first kappa shape index (κ1) is 20.8. The lowest BCUT2D eigenvalue weighted by Crippen LogP contribution is -2.41. The molecule has 0 saturated carbocycles. The van der Waals surface area contributed by atoms with E-state index < -0.39 is 10.8 Å². The van der Waals surface area contributed by atoms with Crippen LogP contribution in [0.5, 0.6) is 5.75 Å². The standard InChI is InChI=1S/C24H24N2O5/c1-3-31-22-10-5-4-7-16(22)17-14-23(28)25(19-8-6-9-21(27)24(17)19)18-12-11-15(2)13-20(18)26(29)30/h4-5,7,10-13,17H,3,6,8-9,14H2,1-2H3. The molecule has 4 rings (SSSR count). The normalized spacial score (nSPS) is 18.8. The van der Waals surface area contributed by atoms with Gasteiger partial charge in [-0.3, -0.25) is 24.6 Å². The maximum Gasteiger partial charge on any atom is 0.293 e. The van der Waals surface area contributed by atoms with E-state index in [1.54, 1.807) is 19.1 Å². The smallest absolute Gasteiger partial charge is 0.293 e. The van der Waals surface area contributed by atoms with Gasteiger partial charge in [-0.2, -0.15) is 0 Å². The van der Waals surface area contributed by atoms with Crippen molar-refractivity contribution in [2.45, 2.75) is 45.4 Å². The first-order chi connectivity index (χ1) is 14.9. The quantitative estimate of drug-likeness (QED) is 0.510. The van der Waals surface area contributed by atoms with Crippen LogP contribution in [0.2, 0.25) is 0 Å². The number of ketones is 1. The monoisotopic (exact) mass is 420 g/mol. The Labute approximate surface area is 180 Å². The lowest BCUT2D eigenvalue weighted by atomic mass is 9.76. The molecule has 0 fully saturated rings. The van der Waals surface area contributed by atoms with Crippen LogP contribution in [0, 0.1) is 17.0 Å². The van der Waals surface area contributed by atoms with E-state index in [0.717, 1.165) is 11.1 Å². The molecule has 1 heterocycles. The number of aryl methyl sites for hydroxylation is 1. The Hall–Kier alpha value is -3.48. The number of amides is 1. The minimum Gasteiger partial charge on any atom is -0.494 e. The molecule has 2 aromatic carbocycles. The first-order valence-electron chi connectivity index (χ1n) is 10.5. The molecular formula is C24H24N2O5. The van der Waals surface area contributed by atoms with Crippen molar-refractivity contribution >= 4 is 23.1 Å². The molecule has 0 radical (unpaired) electrons. The average molecular weight is 420 g/mol. The van der Waals surface area contributed by atoms with Gasteiger partial charge in [0.2, 0.25) is 5.91 Å². The summed E-state index contributed by atoms with van der Waals surface area (Å²) in [7, 11) is 0. The SMILES string of the molecule is CCOc1ccccc1C1CC(=O)N(c2ccc(C)cc2[N+](=O)[O-])C2=C1C(=O)CCC2. The third-order valence-electron chi connectivity index (χ3n) is 5.84. The number of nitro benzene ring substituents is 1. The zero-order valence-corrected chi connectivity index (χ0v) is 17.6. The zero-order valence-electron chi connectivity index (χ0n) is 17.6. The summed E-state index contributed by atoms with van der Waals surface area (Å²) in [4.78, 5) is 39.1. The van der Waals surface area contributed by atoms with Crippen LogP contribution in [0.3, 0.4) is 0 Å². The molecule has 0 aromatic heterocycles. The number of anilines is 1. The molecule has 0 spiro atoms. The maximum atomic E-state index is 13.4. The predicted molar refractivity (Wildman–Crippen MR) is 116 cm³/mol. The summed E-state index contributed by atoms with van der Waals surface area (Å²) in [6.45, 7) is 4.13. The summed E-state index contributed by atoms with van der Waals surface area (Å²) in [5, 5.41) is 11.7. The molecule has 0 saturated heterocycles. The molecule has 1 amide bonds. The van der Waals surface area contributed by atoms with E-state index in [-0.39, 0.29) is 29.5 Å². The minimum absolute atomic E-state index is 0.00943. The highest BCUT2D eigenvalue weighted by molar-refractivity contribution is 6.08. The summed E-state index contributed by atoms with van der Waals surface area (Å²) in [5.41, 5.74) is 2.78. The summed E-state index contributed by atoms with van der Waals surface area (Å²) >= 11 is 0. The maximum absolute atomic E-state index is 13.4. The van der Waals surface area contributed by atoms with Crippen molar-refractivity contribution in [3.63, 3.8) is 0 Å². The number of hydrogen-bond donors (Lipinski definition) is 0. The molecule has 7 nitrogen and oxygen atoms in total. The van der Waals surface area contributed by atoms with Gasteiger partial charge >= 0.3 is 0 Å². The van der Waals surface area contributed by atoms with Crippen molar-refractivity contribution in [1.29, 1.82) is 0 Å². The Morgan fingerprint density at radius 1 is 1.16 bits per heavy atom. The van der Waals surface area contributed by atoms with E-state index >= 15 is 0 Å². The number of hydrogen-bond acceptors (Lipinski definition) is 5. The van der Waals surface area contributed by atoms with E-state index in [4.69, 9.17) is 4.74 Å². The number of benzene rings is 2. The number of ether oxygens (including phenoxy) is 1. The molecule has 160 valence electrons. The molecule has 31 heavy (non-hydrogen) atoms. The molecule has 2 aliphatic rings. The number of nitrogens with zero attached hydrogens (tertiary/aromatic N) is 2. The van der Waals surface area contributed by atoms with Gasteiger partial charge in [-0.15, -0.1) is 0 Å². The van der Waals surface area contributed by atoms with E-state index in [2.05, 4.69) is 0 Å². The van der Waals surface area contributed by atoms with Crippen LogP contribution in [-0.2, 0) is 9.59 Å². The van der Waals surface area contributed by atoms with Crippen molar-refractivity contribution < 1.29 is 19.2 Å². The Morgan fingerprint density at radius 3 is 2.68 bits per heavy atom. The number of carbonyl (C=O) groups is 2. The molecule has 0 bridgehead atoms. The molecule has 1 aliphatic carbocycles. The number of allylic oxidation sites excluding steroid dienone is 2. The largest absolute Gasteiger partial charge is 0.494 e. The first-order valence-corrected chi connectivity index (χ1v) is 10.5. The van der Waals surface area contributed by atoms with Gasteiger partial charge in [-0.1, -0.05) is 24.3 Å². The lowest BCUT2D eigenvalue weighted by molar-refractivity contribution is -0.384. The Morgan fingerprint density at radius 2 is 1.94 bits per heavy atom. The molecule has 1 unspecified atom stereocenters. The summed E-state index contributed by atoms with van der Waals surface area (Å²) in [6, 6.07) is 12.3. The molecular weight excluding hydrogens is 396 g/mol. The number of Topliss-reactive ketones (excluding diaryl/α,β-unsaturated/α-hetero) is 1. The van der Waals surface area contributed by atoms with Crippen LogP contribution < -0.4 is 9.64 Å². The minimum atomic E-state index is -0.475. The van der Waals surface area contributed by atoms with Gasteiger partial charge in [0.05, 0.1) is 11.5 Å². The van der Waals surface area contributed by atoms with E-state index in [1.165, 1.54) is 11.0 Å². The van der Waals surface area contributed by atoms with Gasteiger partial charge in [0.1, 0.15) is 11.4 Å². The van der Waals surface area contributed by atoms with E-state index in [1.807, 2.05) is 31.2 Å². The van der Waals surface area contributed by atoms with Crippen LogP contribution in [0.15, 0.2) is 53.7 Å². The predicted octanol–water partition coefficient (Wildman–Crippen LogP) is 4.83. The topological polar surface area (TPSA) is 89.8 Å². The molecule has 0 N–H and O–H groups in total. The fourth-order valence-corrected chi connectivity index (χ4v) is 4.56. The second-order valence-electron chi connectivity index (χ2n) is 7.84. The second kappa shape index (κ2) is 8.34. The number of rotatable bonds is 5. The summed E-state index contributed by atoms with van der Waals surface area (Å²) in [6.07, 6.45) is 1.59. The van der Waals surface area contributed by atoms with Crippen LogP contribution in [0.4, 0.5) is 11.4 Å². The fraction of sp³-hybridized carbons (Fsp3) is 0.333. The van der Waals surface area contributed by atoms with Crippen LogP contribution in [0.1, 0.15) is 49.7 Å². The van der Waals surface area contributed by atoms with Crippen LogP contribution in [0.25, 0.3) is 0 Å². The third-order valence-corrected chi connectivity index (χ3v) is 5.84. The van der Waals surface area contributed by atoms with Crippen molar-refractivity contribution in [2.24, 2.45) is 0 Å². The van der Waals surface area contributed by atoms with Crippen molar-refractivity contribution in [2.75, 3.05) is 11.5 Å². The Balaban J connectivity index is 1.91. The van der Waals surface area contributed by atoms with Gasteiger partial charge < -0.3 is 4.74 Å². The van der Waals surface area contributed by atoms with Crippen molar-refractivity contribution in [1.82, 2.24) is 0 Å². The zero-order chi connectivity index (χ0) is 22.1. The number of para-hydroxylation sites is 1. The molecule has 7 heteroatoms. The number of carbonyl (C=O) groups excluding carboxylic acids is 2. The van der Waals surface area contributed by atoms with Gasteiger partial charge in [-0.25, -0.2) is 0 Å². The van der Waals surface area contributed by atoms with Gasteiger partial charge in [-0.05, 0) is 44.4 Å². The van der Waals surface area contributed by atoms with Crippen LogP contribution in [-0.4, -0.2) is 23.2 Å². The fourth-order valence-electron chi connectivity index (χ4n) is 4.56. The molecule has 1 aliphatic heterocycles. The highest BCUT2D eigenvalue weighted by Crippen LogP contribution is 2.47. The Bertz CT molecular complexity index is 1100. The van der Waals surface area contributed by atoms with Crippen molar-refractivity contribution in [3.05, 3.63) is 75.0 Å². The second-order valence-corrected chi connectivity index (χ2v) is 7.84. The highest BCUT2D eigenvalue weighted by Gasteiger charge is 2.42.